The van der Waals surface area contributed by atoms with E-state index in [9.17, 15) is 4.39 Å². The minimum Gasteiger partial charge on any atom is -0.302 e. The van der Waals surface area contributed by atoms with Crippen molar-refractivity contribution in [2.75, 3.05) is 13.6 Å². The minimum atomic E-state index is -0.0336. The highest BCUT2D eigenvalue weighted by molar-refractivity contribution is 5.37. The Hall–Kier alpha value is -0.890. The number of nitrogens with zero attached hydrogens (tertiary/aromatic N) is 1. The summed E-state index contributed by atoms with van der Waals surface area (Å²) in [4.78, 5) is 2.23. The largest absolute Gasteiger partial charge is 0.302 e. The summed E-state index contributed by atoms with van der Waals surface area (Å²) >= 11 is 0. The first kappa shape index (κ1) is 8.70. The molecule has 1 aliphatic rings. The number of halogens is 1. The number of hydrogen-bond donors (Lipinski definition) is 0. The van der Waals surface area contributed by atoms with Gasteiger partial charge in [0.15, 0.2) is 0 Å². The fourth-order valence-electron chi connectivity index (χ4n) is 1.92. The van der Waals surface area contributed by atoms with Gasteiger partial charge in [0.1, 0.15) is 5.82 Å². The third-order valence-electron chi connectivity index (χ3n) is 2.78. The summed E-state index contributed by atoms with van der Waals surface area (Å²) in [6, 6.07) is 3.45. The van der Waals surface area contributed by atoms with E-state index in [1.807, 2.05) is 6.07 Å². The van der Waals surface area contributed by atoms with E-state index in [1.165, 1.54) is 11.1 Å². The second kappa shape index (κ2) is 3.11. The zero-order valence-electron chi connectivity index (χ0n) is 8.10. The number of aryl methyl sites for hydroxylation is 1. The lowest BCUT2D eigenvalue weighted by Gasteiger charge is -2.26. The molecule has 70 valence electrons. The Morgan fingerprint density at radius 2 is 2.08 bits per heavy atom. The molecular weight excluding hydrogens is 165 g/mol. The molecule has 0 aromatic heterocycles. The lowest BCUT2D eigenvalue weighted by molar-refractivity contribution is 0.308. The zero-order chi connectivity index (χ0) is 9.42. The molecule has 0 unspecified atom stereocenters. The van der Waals surface area contributed by atoms with Gasteiger partial charge in [0.2, 0.25) is 0 Å². The Kier molecular flexibility index (Phi) is 2.08. The molecule has 0 atom stereocenters. The van der Waals surface area contributed by atoms with Crippen LogP contribution in [-0.4, -0.2) is 18.5 Å². The molecule has 2 heteroatoms. The van der Waals surface area contributed by atoms with Crippen LogP contribution in [0.1, 0.15) is 16.7 Å². The van der Waals surface area contributed by atoms with Crippen molar-refractivity contribution in [3.05, 3.63) is 34.6 Å². The minimum absolute atomic E-state index is 0.0336. The molecule has 1 aromatic carbocycles. The summed E-state index contributed by atoms with van der Waals surface area (Å²) in [5.41, 5.74) is 3.33. The first-order valence-corrected chi connectivity index (χ1v) is 4.64. The smallest absolute Gasteiger partial charge is 0.126 e. The molecule has 1 heterocycles. The van der Waals surface area contributed by atoms with Crippen molar-refractivity contribution in [3.63, 3.8) is 0 Å². The molecule has 1 nitrogen and oxygen atoms in total. The van der Waals surface area contributed by atoms with Gasteiger partial charge in [-0.2, -0.15) is 0 Å². The standard InChI is InChI=1S/C11H14FN/c1-8-3-4-11(12)9-5-6-13(2)7-10(8)9/h3-4H,5-7H2,1-2H3. The fraction of sp³-hybridized carbons (Fsp3) is 0.455. The molecule has 1 aliphatic heterocycles. The lowest BCUT2D eigenvalue weighted by Crippen LogP contribution is -2.27. The molecule has 1 aromatic rings. The van der Waals surface area contributed by atoms with Crippen LogP contribution >= 0.6 is 0 Å². The van der Waals surface area contributed by atoms with E-state index in [4.69, 9.17) is 0 Å². The molecule has 0 radical (unpaired) electrons. The van der Waals surface area contributed by atoms with E-state index >= 15 is 0 Å². The van der Waals surface area contributed by atoms with E-state index in [1.54, 1.807) is 6.07 Å². The summed E-state index contributed by atoms with van der Waals surface area (Å²) in [7, 11) is 2.08. The highest BCUT2D eigenvalue weighted by Gasteiger charge is 2.17. The Balaban J connectivity index is 2.51. The zero-order valence-corrected chi connectivity index (χ0v) is 8.10. The van der Waals surface area contributed by atoms with Crippen LogP contribution in [-0.2, 0) is 13.0 Å². The van der Waals surface area contributed by atoms with Crippen molar-refractivity contribution in [2.24, 2.45) is 0 Å². The molecule has 0 fully saturated rings. The molecule has 0 aliphatic carbocycles. The fourth-order valence-corrected chi connectivity index (χ4v) is 1.92. The molecule has 0 amide bonds. The molecule has 0 saturated heterocycles. The Bertz CT molecular complexity index is 333. The van der Waals surface area contributed by atoms with Gasteiger partial charge in [0.05, 0.1) is 0 Å². The van der Waals surface area contributed by atoms with E-state index in [2.05, 4.69) is 18.9 Å². The van der Waals surface area contributed by atoms with Gasteiger partial charge in [-0.25, -0.2) is 4.39 Å². The van der Waals surface area contributed by atoms with E-state index in [-0.39, 0.29) is 5.82 Å². The molecule has 13 heavy (non-hydrogen) atoms. The average Bonchev–Trinajstić information content (AvgIpc) is 2.12. The highest BCUT2D eigenvalue weighted by atomic mass is 19.1. The molecule has 0 spiro atoms. The van der Waals surface area contributed by atoms with Crippen LogP contribution in [0.4, 0.5) is 4.39 Å². The average molecular weight is 179 g/mol. The number of benzene rings is 1. The quantitative estimate of drug-likeness (QED) is 0.589. The normalized spacial score (nSPS) is 17.2. The van der Waals surface area contributed by atoms with Gasteiger partial charge in [-0.3, -0.25) is 0 Å². The summed E-state index contributed by atoms with van der Waals surface area (Å²) in [5, 5.41) is 0. The van der Waals surface area contributed by atoms with Crippen LogP contribution in [0.5, 0.6) is 0 Å². The number of rotatable bonds is 0. The van der Waals surface area contributed by atoms with Gasteiger partial charge in [-0.05, 0) is 43.1 Å². The number of fused-ring (bicyclic) bond motifs is 1. The second-order valence-electron chi connectivity index (χ2n) is 3.81. The van der Waals surface area contributed by atoms with E-state index in [0.717, 1.165) is 25.1 Å². The van der Waals surface area contributed by atoms with Crippen LogP contribution in [0, 0.1) is 12.7 Å². The van der Waals surface area contributed by atoms with Crippen molar-refractivity contribution >= 4 is 0 Å². The third-order valence-corrected chi connectivity index (χ3v) is 2.78. The Morgan fingerprint density at radius 3 is 2.85 bits per heavy atom. The van der Waals surface area contributed by atoms with Crippen LogP contribution in [0.25, 0.3) is 0 Å². The van der Waals surface area contributed by atoms with Gasteiger partial charge >= 0.3 is 0 Å². The van der Waals surface area contributed by atoms with Crippen molar-refractivity contribution in [2.45, 2.75) is 19.9 Å². The first-order valence-electron chi connectivity index (χ1n) is 4.64. The molecule has 0 bridgehead atoms. The lowest BCUT2D eigenvalue weighted by atomic mass is 9.95. The van der Waals surface area contributed by atoms with Crippen LogP contribution in [0.15, 0.2) is 12.1 Å². The van der Waals surface area contributed by atoms with Crippen molar-refractivity contribution in [3.8, 4) is 0 Å². The van der Waals surface area contributed by atoms with Crippen LogP contribution < -0.4 is 0 Å². The van der Waals surface area contributed by atoms with Crippen LogP contribution in [0.3, 0.4) is 0 Å². The predicted molar refractivity (Wildman–Crippen MR) is 51.2 cm³/mol. The van der Waals surface area contributed by atoms with Gasteiger partial charge in [-0.1, -0.05) is 6.07 Å². The SMILES string of the molecule is Cc1ccc(F)c2c1CN(C)CC2. The Morgan fingerprint density at radius 1 is 1.31 bits per heavy atom. The molecule has 0 saturated carbocycles. The maximum Gasteiger partial charge on any atom is 0.126 e. The maximum atomic E-state index is 13.4. The summed E-state index contributed by atoms with van der Waals surface area (Å²) in [5.74, 6) is -0.0336. The van der Waals surface area contributed by atoms with Crippen molar-refractivity contribution in [1.29, 1.82) is 0 Å². The maximum absolute atomic E-state index is 13.4. The van der Waals surface area contributed by atoms with Gasteiger partial charge in [0.25, 0.3) is 0 Å². The molecule has 0 N–H and O–H groups in total. The van der Waals surface area contributed by atoms with E-state index in [0.29, 0.717) is 0 Å². The van der Waals surface area contributed by atoms with Crippen LogP contribution in [0.2, 0.25) is 0 Å². The molecule has 2 rings (SSSR count). The van der Waals surface area contributed by atoms with Gasteiger partial charge < -0.3 is 4.90 Å². The topological polar surface area (TPSA) is 3.24 Å². The summed E-state index contributed by atoms with van der Waals surface area (Å²) in [6.45, 7) is 3.91. The van der Waals surface area contributed by atoms with E-state index < -0.39 is 0 Å². The monoisotopic (exact) mass is 179 g/mol. The highest BCUT2D eigenvalue weighted by Crippen LogP contribution is 2.23. The second-order valence-corrected chi connectivity index (χ2v) is 3.81. The number of likely N-dealkylation sites (N-methyl/N-ethyl adjacent to an activating group) is 1. The van der Waals surface area contributed by atoms with Gasteiger partial charge in [0, 0.05) is 13.1 Å². The summed E-state index contributed by atoms with van der Waals surface area (Å²) in [6.07, 6.45) is 0.847. The Labute approximate surface area is 78.2 Å². The first-order chi connectivity index (χ1) is 6.18. The predicted octanol–water partition coefficient (Wildman–Crippen LogP) is 2.12. The molecular formula is C11H14FN. The third kappa shape index (κ3) is 1.46. The van der Waals surface area contributed by atoms with Gasteiger partial charge in [-0.15, -0.1) is 0 Å². The number of hydrogen-bond acceptors (Lipinski definition) is 1. The van der Waals surface area contributed by atoms with Crippen molar-refractivity contribution < 1.29 is 4.39 Å². The summed E-state index contributed by atoms with van der Waals surface area (Å²) < 4.78 is 13.4. The van der Waals surface area contributed by atoms with Crippen molar-refractivity contribution in [1.82, 2.24) is 4.90 Å².